The van der Waals surface area contributed by atoms with Gasteiger partial charge in [-0.25, -0.2) is 4.79 Å². The Morgan fingerprint density at radius 3 is 2.40 bits per heavy atom. The van der Waals surface area contributed by atoms with Gasteiger partial charge in [-0.3, -0.25) is 9.59 Å². The molecule has 1 unspecified atom stereocenters. The van der Waals surface area contributed by atoms with Crippen LogP contribution in [0.5, 0.6) is 5.75 Å². The summed E-state index contributed by atoms with van der Waals surface area (Å²) < 4.78 is 5.19. The van der Waals surface area contributed by atoms with Crippen molar-refractivity contribution < 1.29 is 24.2 Å². The third-order valence-electron chi connectivity index (χ3n) is 2.43. The van der Waals surface area contributed by atoms with Crippen molar-refractivity contribution in [1.82, 2.24) is 5.32 Å². The molecule has 0 bridgehead atoms. The predicted octanol–water partition coefficient (Wildman–Crippen LogP) is -0.181. The highest BCUT2D eigenvalue weighted by atomic mass is 16.5. The molecule has 0 saturated heterocycles. The van der Waals surface area contributed by atoms with Crippen LogP contribution in [-0.2, 0) is 14.4 Å². The van der Waals surface area contributed by atoms with Crippen LogP contribution in [0.2, 0.25) is 0 Å². The van der Waals surface area contributed by atoms with Crippen LogP contribution >= 0.6 is 0 Å². The Hall–Kier alpha value is -2.57. The van der Waals surface area contributed by atoms with E-state index in [4.69, 9.17) is 15.6 Å². The zero-order chi connectivity index (χ0) is 15.1. The molecule has 0 fully saturated rings. The molecule has 1 rings (SSSR count). The second-order valence-electron chi connectivity index (χ2n) is 4.23. The number of rotatable bonds is 7. The number of nitrogens with one attached hydrogen (secondary N) is 1. The summed E-state index contributed by atoms with van der Waals surface area (Å²) in [6.45, 7) is 1.57. The molecule has 108 valence electrons. The fourth-order valence-electron chi connectivity index (χ4n) is 1.42. The Bertz CT molecular complexity index is 498. The predicted molar refractivity (Wildman–Crippen MR) is 70.1 cm³/mol. The maximum atomic E-state index is 11.5. The van der Waals surface area contributed by atoms with Gasteiger partial charge in [-0.2, -0.15) is 0 Å². The van der Waals surface area contributed by atoms with Gasteiger partial charge >= 0.3 is 5.97 Å². The van der Waals surface area contributed by atoms with E-state index >= 15 is 0 Å². The van der Waals surface area contributed by atoms with E-state index in [9.17, 15) is 14.4 Å². The molecule has 1 atom stereocenters. The molecule has 0 aliphatic rings. The Morgan fingerprint density at radius 2 is 1.90 bits per heavy atom. The number of amides is 2. The molecule has 0 radical (unpaired) electrons. The Labute approximate surface area is 115 Å². The van der Waals surface area contributed by atoms with Gasteiger partial charge in [-0.05, 0) is 19.1 Å². The number of carbonyl (C=O) groups excluding carboxylic acids is 2. The molecule has 0 spiro atoms. The van der Waals surface area contributed by atoms with E-state index in [1.54, 1.807) is 12.1 Å². The first-order chi connectivity index (χ1) is 9.38. The molecule has 1 aromatic rings. The van der Waals surface area contributed by atoms with Gasteiger partial charge in [0.2, 0.25) is 5.91 Å². The fraction of sp³-hybridized carbons (Fsp3) is 0.308. The summed E-state index contributed by atoms with van der Waals surface area (Å²) in [4.78, 5) is 33.0. The van der Waals surface area contributed by atoms with E-state index in [0.717, 1.165) is 5.56 Å². The van der Waals surface area contributed by atoms with E-state index in [2.05, 4.69) is 5.32 Å². The number of ether oxygens (including phenoxy) is 1. The quantitative estimate of drug-likeness (QED) is 0.640. The highest BCUT2D eigenvalue weighted by molar-refractivity contribution is 5.88. The summed E-state index contributed by atoms with van der Waals surface area (Å²) in [5.41, 5.74) is 5.95. The summed E-state index contributed by atoms with van der Waals surface area (Å²) in [6, 6.07) is 5.68. The lowest BCUT2D eigenvalue weighted by atomic mass is 10.2. The van der Waals surface area contributed by atoms with Gasteiger partial charge in [0.25, 0.3) is 5.91 Å². The normalized spacial score (nSPS) is 11.4. The van der Waals surface area contributed by atoms with Gasteiger partial charge in [0, 0.05) is 0 Å². The molecule has 20 heavy (non-hydrogen) atoms. The number of aryl methyl sites for hydroxylation is 1. The minimum absolute atomic E-state index is 0.342. The van der Waals surface area contributed by atoms with Gasteiger partial charge in [-0.1, -0.05) is 17.7 Å². The summed E-state index contributed by atoms with van der Waals surface area (Å²) >= 11 is 0. The maximum absolute atomic E-state index is 11.5. The molecule has 1 aromatic carbocycles. The lowest BCUT2D eigenvalue weighted by Crippen LogP contribution is -2.45. The van der Waals surface area contributed by atoms with Crippen molar-refractivity contribution in [2.75, 3.05) is 6.61 Å². The monoisotopic (exact) mass is 280 g/mol. The molecule has 0 aliphatic heterocycles. The fourth-order valence-corrected chi connectivity index (χ4v) is 1.42. The van der Waals surface area contributed by atoms with Crippen LogP contribution in [0.1, 0.15) is 12.0 Å². The van der Waals surface area contributed by atoms with Crippen LogP contribution in [-0.4, -0.2) is 35.5 Å². The van der Waals surface area contributed by atoms with Crippen LogP contribution < -0.4 is 15.8 Å². The Balaban J connectivity index is 2.47. The van der Waals surface area contributed by atoms with Crippen LogP contribution in [0.25, 0.3) is 0 Å². The third kappa shape index (κ3) is 5.38. The van der Waals surface area contributed by atoms with Crippen molar-refractivity contribution in [1.29, 1.82) is 0 Å². The number of primary amides is 1. The first-order valence-corrected chi connectivity index (χ1v) is 5.88. The third-order valence-corrected chi connectivity index (χ3v) is 2.43. The van der Waals surface area contributed by atoms with Gasteiger partial charge < -0.3 is 20.9 Å². The molecule has 7 nitrogen and oxygen atoms in total. The summed E-state index contributed by atoms with van der Waals surface area (Å²) in [6.07, 6.45) is -0.467. The first kappa shape index (κ1) is 15.5. The number of nitrogens with two attached hydrogens (primary N) is 1. The molecule has 7 heteroatoms. The summed E-state index contributed by atoms with van der Waals surface area (Å²) in [5.74, 6) is -2.28. The smallest absolute Gasteiger partial charge is 0.326 e. The average molecular weight is 280 g/mol. The maximum Gasteiger partial charge on any atom is 0.326 e. The van der Waals surface area contributed by atoms with Crippen LogP contribution in [0.3, 0.4) is 0 Å². The van der Waals surface area contributed by atoms with E-state index < -0.39 is 30.2 Å². The standard InChI is InChI=1S/C13H16N2O5/c1-8-2-4-9(5-3-8)20-7-12(17)15-10(13(18)19)6-11(14)16/h2-5,10H,6-7H2,1H3,(H2,14,16)(H,15,17)(H,18,19). The molecular formula is C13H16N2O5. The zero-order valence-corrected chi connectivity index (χ0v) is 11.0. The molecule has 2 amide bonds. The van der Waals surface area contributed by atoms with Crippen LogP contribution in [0, 0.1) is 6.92 Å². The molecule has 0 heterocycles. The number of hydrogen-bond donors (Lipinski definition) is 3. The number of aliphatic carboxylic acids is 1. The number of carboxylic acids is 1. The van der Waals surface area contributed by atoms with Gasteiger partial charge in [0.1, 0.15) is 11.8 Å². The Morgan fingerprint density at radius 1 is 1.30 bits per heavy atom. The van der Waals surface area contributed by atoms with Crippen LogP contribution in [0.15, 0.2) is 24.3 Å². The molecule has 4 N–H and O–H groups in total. The van der Waals surface area contributed by atoms with E-state index in [0.29, 0.717) is 5.75 Å². The molecular weight excluding hydrogens is 264 g/mol. The van der Waals surface area contributed by atoms with Crippen molar-refractivity contribution >= 4 is 17.8 Å². The average Bonchev–Trinajstić information content (AvgIpc) is 2.36. The van der Waals surface area contributed by atoms with Crippen LogP contribution in [0.4, 0.5) is 0 Å². The second kappa shape index (κ2) is 7.13. The molecule has 0 aliphatic carbocycles. The van der Waals surface area contributed by atoms with Crippen molar-refractivity contribution in [3.05, 3.63) is 29.8 Å². The highest BCUT2D eigenvalue weighted by Crippen LogP contribution is 2.10. The summed E-state index contributed by atoms with van der Waals surface area (Å²) in [7, 11) is 0. The zero-order valence-electron chi connectivity index (χ0n) is 11.0. The van der Waals surface area contributed by atoms with Crippen molar-refractivity contribution in [3.8, 4) is 5.75 Å². The molecule has 0 aromatic heterocycles. The minimum Gasteiger partial charge on any atom is -0.484 e. The van der Waals surface area contributed by atoms with E-state index in [1.807, 2.05) is 19.1 Å². The van der Waals surface area contributed by atoms with E-state index in [1.165, 1.54) is 0 Å². The van der Waals surface area contributed by atoms with E-state index in [-0.39, 0.29) is 6.61 Å². The number of carbonyl (C=O) groups is 3. The SMILES string of the molecule is Cc1ccc(OCC(=O)NC(CC(N)=O)C(=O)O)cc1. The minimum atomic E-state index is -1.35. The number of benzene rings is 1. The Kier molecular flexibility index (Phi) is 5.52. The van der Waals surface area contributed by atoms with Gasteiger partial charge in [-0.15, -0.1) is 0 Å². The van der Waals surface area contributed by atoms with Crippen molar-refractivity contribution in [2.45, 2.75) is 19.4 Å². The largest absolute Gasteiger partial charge is 0.484 e. The van der Waals surface area contributed by atoms with Crippen molar-refractivity contribution in [3.63, 3.8) is 0 Å². The molecule has 0 saturated carbocycles. The first-order valence-electron chi connectivity index (χ1n) is 5.88. The van der Waals surface area contributed by atoms with Crippen molar-refractivity contribution in [2.24, 2.45) is 5.73 Å². The topological polar surface area (TPSA) is 119 Å². The number of carboxylic acid groups (broad SMARTS) is 1. The summed E-state index contributed by atoms with van der Waals surface area (Å²) in [5, 5.41) is 11.0. The lowest BCUT2D eigenvalue weighted by Gasteiger charge is -2.13. The second-order valence-corrected chi connectivity index (χ2v) is 4.23. The lowest BCUT2D eigenvalue weighted by molar-refractivity contribution is -0.143. The van der Waals surface area contributed by atoms with Gasteiger partial charge in [0.15, 0.2) is 6.61 Å². The highest BCUT2D eigenvalue weighted by Gasteiger charge is 2.22. The number of hydrogen-bond acceptors (Lipinski definition) is 4. The van der Waals surface area contributed by atoms with Gasteiger partial charge in [0.05, 0.1) is 6.42 Å².